The number of nitrogens with zero attached hydrogens (tertiary/aromatic N) is 6. The third kappa shape index (κ3) is 4.67. The Balaban J connectivity index is 1.33. The first-order chi connectivity index (χ1) is 16.1. The minimum absolute atomic E-state index is 0.478. The molecular formula is C24H25ClN8. The Morgan fingerprint density at radius 1 is 1.00 bits per heavy atom. The van der Waals surface area contributed by atoms with E-state index in [1.165, 1.54) is 0 Å². The predicted molar refractivity (Wildman–Crippen MR) is 134 cm³/mol. The Morgan fingerprint density at radius 3 is 2.67 bits per heavy atom. The van der Waals surface area contributed by atoms with Crippen molar-refractivity contribution >= 4 is 51.3 Å². The fourth-order valence-corrected chi connectivity index (χ4v) is 4.27. The maximum Gasteiger partial charge on any atom is 0.229 e. The van der Waals surface area contributed by atoms with Gasteiger partial charge in [0.05, 0.1) is 28.1 Å². The van der Waals surface area contributed by atoms with Crippen LogP contribution >= 0.6 is 11.6 Å². The molecule has 1 saturated heterocycles. The molecule has 0 saturated carbocycles. The third-order valence-electron chi connectivity index (χ3n) is 5.84. The zero-order chi connectivity index (χ0) is 22.8. The Labute approximate surface area is 197 Å². The van der Waals surface area contributed by atoms with E-state index in [1.807, 2.05) is 43.3 Å². The van der Waals surface area contributed by atoms with Gasteiger partial charge in [-0.25, -0.2) is 4.98 Å². The second-order valence-corrected chi connectivity index (χ2v) is 8.61. The molecule has 0 atom stereocenters. The molecule has 2 aromatic heterocycles. The molecule has 5 rings (SSSR count). The molecule has 0 aliphatic carbocycles. The van der Waals surface area contributed by atoms with Gasteiger partial charge in [0.15, 0.2) is 0 Å². The van der Waals surface area contributed by atoms with Gasteiger partial charge in [-0.2, -0.15) is 15.2 Å². The van der Waals surface area contributed by atoms with E-state index in [0.29, 0.717) is 16.8 Å². The fourth-order valence-electron chi connectivity index (χ4n) is 3.97. The van der Waals surface area contributed by atoms with Gasteiger partial charge < -0.3 is 20.4 Å². The summed E-state index contributed by atoms with van der Waals surface area (Å²) in [7, 11) is 2.14. The highest BCUT2D eigenvalue weighted by Gasteiger charge is 2.17. The van der Waals surface area contributed by atoms with Crippen LogP contribution < -0.4 is 15.5 Å². The number of fused-ring (bicyclic) bond motifs is 1. The zero-order valence-electron chi connectivity index (χ0n) is 18.6. The molecule has 3 heterocycles. The molecule has 1 aliphatic heterocycles. The summed E-state index contributed by atoms with van der Waals surface area (Å²) in [6.07, 6.45) is 3.41. The van der Waals surface area contributed by atoms with Crippen LogP contribution in [0.3, 0.4) is 0 Å². The molecule has 33 heavy (non-hydrogen) atoms. The summed E-state index contributed by atoms with van der Waals surface area (Å²) in [5, 5.41) is 16.7. The standard InChI is InChI=1S/C24H25ClN8/c1-16-4-3-5-18-20(15-27-31-23(16)18)29-22-8-9-26-24(30-22)28-17-6-7-21(19(25)14-17)33-12-10-32(2)11-13-33/h3-9,14-15H,10-13H2,1-2H3,(H2,26,28,29,30,31). The molecule has 2 aromatic carbocycles. The summed E-state index contributed by atoms with van der Waals surface area (Å²) in [4.78, 5) is 13.6. The number of aromatic nitrogens is 4. The molecule has 0 amide bonds. The van der Waals surface area contributed by atoms with Crippen molar-refractivity contribution in [2.75, 3.05) is 48.8 Å². The van der Waals surface area contributed by atoms with Crippen molar-refractivity contribution in [3.8, 4) is 0 Å². The molecule has 0 bridgehead atoms. The SMILES string of the molecule is Cc1cccc2c(Nc3ccnc(Nc4ccc(N5CCN(C)CC5)c(Cl)c4)n3)cnnc12. The Morgan fingerprint density at radius 2 is 1.85 bits per heavy atom. The lowest BCUT2D eigenvalue weighted by atomic mass is 10.1. The van der Waals surface area contributed by atoms with Crippen molar-refractivity contribution in [3.63, 3.8) is 0 Å². The van der Waals surface area contributed by atoms with Crippen LogP contribution in [0.25, 0.3) is 10.9 Å². The third-order valence-corrected chi connectivity index (χ3v) is 6.14. The summed E-state index contributed by atoms with van der Waals surface area (Å²) in [6, 6.07) is 13.8. The van der Waals surface area contributed by atoms with Crippen molar-refractivity contribution < 1.29 is 0 Å². The van der Waals surface area contributed by atoms with Crippen LogP contribution in [0.4, 0.5) is 28.8 Å². The highest BCUT2D eigenvalue weighted by atomic mass is 35.5. The number of hydrogen-bond donors (Lipinski definition) is 2. The van der Waals surface area contributed by atoms with Gasteiger partial charge >= 0.3 is 0 Å². The van der Waals surface area contributed by atoms with Gasteiger partial charge in [-0.1, -0.05) is 29.8 Å². The quantitative estimate of drug-likeness (QED) is 0.446. The number of aryl methyl sites for hydroxylation is 1. The molecule has 9 heteroatoms. The highest BCUT2D eigenvalue weighted by Crippen LogP contribution is 2.31. The average Bonchev–Trinajstić information content (AvgIpc) is 2.81. The van der Waals surface area contributed by atoms with E-state index >= 15 is 0 Å². The Hall–Kier alpha value is -3.49. The number of piperazine rings is 1. The van der Waals surface area contributed by atoms with Crippen molar-refractivity contribution in [1.82, 2.24) is 25.1 Å². The normalized spacial score (nSPS) is 14.5. The van der Waals surface area contributed by atoms with Crippen LogP contribution in [0.1, 0.15) is 5.56 Å². The van der Waals surface area contributed by atoms with Crippen LogP contribution in [-0.4, -0.2) is 58.3 Å². The van der Waals surface area contributed by atoms with E-state index in [4.69, 9.17) is 11.6 Å². The number of rotatable bonds is 5. The largest absolute Gasteiger partial charge is 0.368 e. The smallest absolute Gasteiger partial charge is 0.229 e. The van der Waals surface area contributed by atoms with Crippen molar-refractivity contribution in [2.45, 2.75) is 6.92 Å². The van der Waals surface area contributed by atoms with E-state index in [1.54, 1.807) is 12.4 Å². The molecule has 0 radical (unpaired) electrons. The maximum absolute atomic E-state index is 6.61. The maximum atomic E-state index is 6.61. The molecule has 168 valence electrons. The van der Waals surface area contributed by atoms with Gasteiger partial charge in [-0.05, 0) is 43.8 Å². The summed E-state index contributed by atoms with van der Waals surface area (Å²) in [5.41, 5.74) is 4.67. The van der Waals surface area contributed by atoms with Crippen LogP contribution in [0, 0.1) is 6.92 Å². The molecule has 0 unspecified atom stereocenters. The Kier molecular flexibility index (Phi) is 5.93. The van der Waals surface area contributed by atoms with Gasteiger partial charge in [0.2, 0.25) is 5.95 Å². The predicted octanol–water partition coefficient (Wildman–Crippen LogP) is 4.62. The van der Waals surface area contributed by atoms with Crippen LogP contribution in [0.5, 0.6) is 0 Å². The first kappa shape index (κ1) is 21.4. The summed E-state index contributed by atoms with van der Waals surface area (Å²) < 4.78 is 0. The average molecular weight is 461 g/mol. The highest BCUT2D eigenvalue weighted by molar-refractivity contribution is 6.33. The lowest BCUT2D eigenvalue weighted by Crippen LogP contribution is -2.44. The van der Waals surface area contributed by atoms with Gasteiger partial charge in [-0.3, -0.25) is 0 Å². The second kappa shape index (κ2) is 9.17. The number of benzene rings is 2. The second-order valence-electron chi connectivity index (χ2n) is 8.20. The number of nitrogens with one attached hydrogen (secondary N) is 2. The van der Waals surface area contributed by atoms with Crippen molar-refractivity contribution in [2.24, 2.45) is 0 Å². The van der Waals surface area contributed by atoms with E-state index in [2.05, 4.69) is 53.7 Å². The van der Waals surface area contributed by atoms with Crippen molar-refractivity contribution in [3.05, 3.63) is 65.4 Å². The molecule has 8 nitrogen and oxygen atoms in total. The molecular weight excluding hydrogens is 436 g/mol. The Bertz CT molecular complexity index is 1290. The zero-order valence-corrected chi connectivity index (χ0v) is 19.3. The molecule has 1 aliphatic rings. The van der Waals surface area contributed by atoms with Crippen LogP contribution in [0.15, 0.2) is 54.9 Å². The lowest BCUT2D eigenvalue weighted by molar-refractivity contribution is 0.313. The first-order valence-corrected chi connectivity index (χ1v) is 11.3. The van der Waals surface area contributed by atoms with E-state index in [-0.39, 0.29) is 0 Å². The minimum Gasteiger partial charge on any atom is -0.368 e. The van der Waals surface area contributed by atoms with Gasteiger partial charge in [0.1, 0.15) is 5.82 Å². The van der Waals surface area contributed by atoms with E-state index < -0.39 is 0 Å². The minimum atomic E-state index is 0.478. The summed E-state index contributed by atoms with van der Waals surface area (Å²) in [5.74, 6) is 1.13. The van der Waals surface area contributed by atoms with Gasteiger partial charge in [0, 0.05) is 43.4 Å². The van der Waals surface area contributed by atoms with E-state index in [0.717, 1.165) is 59.7 Å². The van der Waals surface area contributed by atoms with E-state index in [9.17, 15) is 0 Å². The number of hydrogen-bond acceptors (Lipinski definition) is 8. The first-order valence-electron chi connectivity index (χ1n) is 10.9. The lowest BCUT2D eigenvalue weighted by Gasteiger charge is -2.34. The van der Waals surface area contributed by atoms with Crippen molar-refractivity contribution in [1.29, 1.82) is 0 Å². The number of anilines is 5. The molecule has 1 fully saturated rings. The summed E-state index contributed by atoms with van der Waals surface area (Å²) in [6.45, 7) is 6.03. The topological polar surface area (TPSA) is 82.1 Å². The van der Waals surface area contributed by atoms with Crippen LogP contribution in [-0.2, 0) is 0 Å². The monoisotopic (exact) mass is 460 g/mol. The summed E-state index contributed by atoms with van der Waals surface area (Å²) >= 11 is 6.61. The van der Waals surface area contributed by atoms with Gasteiger partial charge in [0.25, 0.3) is 0 Å². The number of halogens is 1. The van der Waals surface area contributed by atoms with Gasteiger partial charge in [-0.15, -0.1) is 0 Å². The number of likely N-dealkylation sites (N-methyl/N-ethyl adjacent to an activating group) is 1. The van der Waals surface area contributed by atoms with Crippen LogP contribution in [0.2, 0.25) is 5.02 Å². The molecule has 0 spiro atoms. The molecule has 4 aromatic rings. The fraction of sp³-hybridized carbons (Fsp3) is 0.250. The molecule has 2 N–H and O–H groups in total.